The van der Waals surface area contributed by atoms with Gasteiger partial charge in [-0.05, 0) is 17.7 Å². The van der Waals surface area contributed by atoms with Gasteiger partial charge in [0.15, 0.2) is 5.76 Å². The summed E-state index contributed by atoms with van der Waals surface area (Å²) in [7, 11) is 1.35. The molecule has 0 unspecified atom stereocenters. The molecule has 0 atom stereocenters. The molecule has 2 amide bonds. The molecule has 1 aromatic rings. The topological polar surface area (TPSA) is 82.5 Å². The summed E-state index contributed by atoms with van der Waals surface area (Å²) < 4.78 is 5.31. The second-order valence-electron chi connectivity index (χ2n) is 6.78. The van der Waals surface area contributed by atoms with E-state index in [-0.39, 0.29) is 18.7 Å². The Labute approximate surface area is 179 Å². The van der Waals surface area contributed by atoms with Crippen molar-refractivity contribution >= 4 is 35.0 Å². The van der Waals surface area contributed by atoms with E-state index in [2.05, 4.69) is 4.90 Å². The molecule has 158 valence electrons. The van der Waals surface area contributed by atoms with Crippen LogP contribution in [0.15, 0.2) is 29.5 Å². The summed E-state index contributed by atoms with van der Waals surface area (Å²) >= 11 is 11.9. The third kappa shape index (κ3) is 5.21. The van der Waals surface area contributed by atoms with Crippen LogP contribution in [0.1, 0.15) is 5.56 Å². The number of morpholine rings is 1. The lowest BCUT2D eigenvalue weighted by Crippen LogP contribution is -2.42. The number of hydrogen-bond acceptors (Lipinski definition) is 6. The van der Waals surface area contributed by atoms with Gasteiger partial charge in [0.1, 0.15) is 0 Å². The Balaban J connectivity index is 1.63. The number of hydroxylamine groups is 2. The minimum atomic E-state index is -0.571. The number of ether oxygens (including phenoxy) is 1. The highest BCUT2D eigenvalue weighted by Gasteiger charge is 2.36. The molecule has 2 aliphatic heterocycles. The van der Waals surface area contributed by atoms with Crippen LogP contribution in [0.2, 0.25) is 10.0 Å². The first-order valence-electron chi connectivity index (χ1n) is 9.22. The number of nitrogens with zero attached hydrogens (tertiary/aromatic N) is 3. The van der Waals surface area contributed by atoms with Crippen molar-refractivity contribution in [2.24, 2.45) is 0 Å². The van der Waals surface area contributed by atoms with Gasteiger partial charge in [0.2, 0.25) is 0 Å². The van der Waals surface area contributed by atoms with Gasteiger partial charge < -0.3 is 14.7 Å². The van der Waals surface area contributed by atoms with Gasteiger partial charge in [0.05, 0.1) is 49.0 Å². The Hall–Kier alpha value is -1.84. The molecule has 2 heterocycles. The molecule has 2 aliphatic rings. The van der Waals surface area contributed by atoms with E-state index in [0.717, 1.165) is 18.2 Å². The third-order valence-corrected chi connectivity index (χ3v) is 5.67. The normalized spacial score (nSPS) is 17.9. The van der Waals surface area contributed by atoms with E-state index in [4.69, 9.17) is 32.8 Å². The molecular formula is C19H23Cl2N3O5. The molecule has 1 N–H and O–H groups in total. The predicted molar refractivity (Wildman–Crippen MR) is 108 cm³/mol. The number of carbonyl (C=O) groups excluding carboxylic acids is 2. The lowest BCUT2D eigenvalue weighted by Gasteiger charge is -2.28. The minimum Gasteiger partial charge on any atom is -0.503 e. The molecule has 3 rings (SSSR count). The Morgan fingerprint density at radius 3 is 2.62 bits per heavy atom. The van der Waals surface area contributed by atoms with Gasteiger partial charge >= 0.3 is 0 Å². The van der Waals surface area contributed by atoms with Crippen molar-refractivity contribution in [2.45, 2.75) is 6.54 Å². The second kappa shape index (κ2) is 9.77. The first-order valence-corrected chi connectivity index (χ1v) is 9.97. The molecule has 1 saturated heterocycles. The zero-order chi connectivity index (χ0) is 21.0. The van der Waals surface area contributed by atoms with Gasteiger partial charge in [-0.3, -0.25) is 19.3 Å². The largest absolute Gasteiger partial charge is 0.503 e. The number of hydrogen-bond donors (Lipinski definition) is 1. The fraction of sp³-hybridized carbons (Fsp3) is 0.474. The van der Waals surface area contributed by atoms with Crippen molar-refractivity contribution in [2.75, 3.05) is 53.0 Å². The van der Waals surface area contributed by atoms with Crippen LogP contribution in [0.25, 0.3) is 0 Å². The van der Waals surface area contributed by atoms with Crippen molar-refractivity contribution < 1.29 is 24.3 Å². The van der Waals surface area contributed by atoms with Crippen LogP contribution in [0.3, 0.4) is 0 Å². The van der Waals surface area contributed by atoms with Crippen LogP contribution in [-0.2, 0) is 25.7 Å². The summed E-state index contributed by atoms with van der Waals surface area (Å²) in [6.45, 7) is 4.13. The first kappa shape index (κ1) is 21.9. The highest BCUT2D eigenvalue weighted by molar-refractivity contribution is 6.42. The lowest BCUT2D eigenvalue weighted by atomic mass is 10.2. The zero-order valence-corrected chi connectivity index (χ0v) is 17.6. The molecule has 10 heteroatoms. The van der Waals surface area contributed by atoms with Crippen molar-refractivity contribution in [3.8, 4) is 0 Å². The predicted octanol–water partition coefficient (Wildman–Crippen LogP) is 1.87. The number of carbonyl (C=O) groups is 2. The van der Waals surface area contributed by atoms with Crippen molar-refractivity contribution in [3.05, 3.63) is 45.1 Å². The van der Waals surface area contributed by atoms with Crippen LogP contribution in [0.5, 0.6) is 0 Å². The summed E-state index contributed by atoms with van der Waals surface area (Å²) in [5.41, 5.74) is 0.710. The summed E-state index contributed by atoms with van der Waals surface area (Å²) in [6, 6.07) is 4.97. The Bertz CT molecular complexity index is 811. The second-order valence-corrected chi connectivity index (χ2v) is 7.60. The van der Waals surface area contributed by atoms with Crippen LogP contribution in [0, 0.1) is 0 Å². The maximum Gasteiger partial charge on any atom is 0.289 e. The maximum atomic E-state index is 12.9. The molecule has 8 nitrogen and oxygen atoms in total. The summed E-state index contributed by atoms with van der Waals surface area (Å²) in [4.78, 5) is 34.1. The molecule has 0 aromatic heterocycles. The quantitative estimate of drug-likeness (QED) is 0.647. The van der Waals surface area contributed by atoms with E-state index in [1.165, 1.54) is 12.0 Å². The fourth-order valence-corrected chi connectivity index (χ4v) is 3.55. The summed E-state index contributed by atoms with van der Waals surface area (Å²) in [5.74, 6) is -1.65. The average molecular weight is 444 g/mol. The number of amides is 2. The SMILES string of the molecule is CON(Cc1ccc(Cl)c(Cl)c1)C(=O)C1=C(O)C(=O)N(CCN2CCOCC2)C1. The number of rotatable bonds is 7. The number of benzene rings is 1. The molecule has 0 saturated carbocycles. The molecule has 0 spiro atoms. The zero-order valence-electron chi connectivity index (χ0n) is 16.1. The molecule has 1 aromatic carbocycles. The molecule has 1 fully saturated rings. The Morgan fingerprint density at radius 2 is 1.97 bits per heavy atom. The average Bonchev–Trinajstić information content (AvgIpc) is 3.01. The van der Waals surface area contributed by atoms with Crippen molar-refractivity contribution in [1.29, 1.82) is 0 Å². The number of aliphatic hydroxyl groups excluding tert-OH is 1. The minimum absolute atomic E-state index is 0.0129. The monoisotopic (exact) mass is 443 g/mol. The van der Waals surface area contributed by atoms with Gasteiger partial charge in [-0.15, -0.1) is 0 Å². The molecular weight excluding hydrogens is 421 g/mol. The van der Waals surface area contributed by atoms with Gasteiger partial charge in [-0.25, -0.2) is 5.06 Å². The number of halogens is 2. The van der Waals surface area contributed by atoms with E-state index < -0.39 is 17.6 Å². The lowest BCUT2D eigenvalue weighted by molar-refractivity contribution is -0.174. The molecule has 0 radical (unpaired) electrons. The highest BCUT2D eigenvalue weighted by Crippen LogP contribution is 2.25. The fourth-order valence-electron chi connectivity index (χ4n) is 3.23. The third-order valence-electron chi connectivity index (χ3n) is 4.93. The first-order chi connectivity index (χ1) is 13.9. The highest BCUT2D eigenvalue weighted by atomic mass is 35.5. The maximum absolute atomic E-state index is 12.9. The Kier molecular flexibility index (Phi) is 7.37. The van der Waals surface area contributed by atoms with Crippen LogP contribution in [0.4, 0.5) is 0 Å². The van der Waals surface area contributed by atoms with Gasteiger partial charge in [-0.2, -0.15) is 0 Å². The van der Waals surface area contributed by atoms with Crippen molar-refractivity contribution in [1.82, 2.24) is 14.9 Å². The summed E-state index contributed by atoms with van der Waals surface area (Å²) in [5, 5.41) is 12.1. The molecule has 29 heavy (non-hydrogen) atoms. The van der Waals surface area contributed by atoms with Gasteiger partial charge in [0.25, 0.3) is 11.8 Å². The smallest absolute Gasteiger partial charge is 0.289 e. The van der Waals surface area contributed by atoms with E-state index in [0.29, 0.717) is 41.9 Å². The van der Waals surface area contributed by atoms with E-state index in [1.807, 2.05) is 0 Å². The van der Waals surface area contributed by atoms with Crippen LogP contribution < -0.4 is 0 Å². The van der Waals surface area contributed by atoms with Crippen LogP contribution in [-0.4, -0.2) is 84.8 Å². The van der Waals surface area contributed by atoms with Gasteiger partial charge in [0, 0.05) is 26.2 Å². The van der Waals surface area contributed by atoms with E-state index in [9.17, 15) is 14.7 Å². The Morgan fingerprint density at radius 1 is 1.24 bits per heavy atom. The van der Waals surface area contributed by atoms with Gasteiger partial charge in [-0.1, -0.05) is 29.3 Å². The van der Waals surface area contributed by atoms with Crippen LogP contribution >= 0.6 is 23.2 Å². The standard InChI is InChI=1S/C19H23Cl2N3O5/c1-28-24(11-13-2-3-15(20)16(21)10-13)18(26)14-12-23(19(27)17(14)25)5-4-22-6-8-29-9-7-22/h2-3,10,25H,4-9,11-12H2,1H3. The number of aliphatic hydroxyl groups is 1. The molecule has 0 bridgehead atoms. The van der Waals surface area contributed by atoms with E-state index >= 15 is 0 Å². The summed E-state index contributed by atoms with van der Waals surface area (Å²) in [6.07, 6.45) is 0. The van der Waals surface area contributed by atoms with Crippen molar-refractivity contribution in [3.63, 3.8) is 0 Å². The van der Waals surface area contributed by atoms with E-state index in [1.54, 1.807) is 18.2 Å². The molecule has 0 aliphatic carbocycles.